The van der Waals surface area contributed by atoms with E-state index < -0.39 is 12.7 Å². The summed E-state index contributed by atoms with van der Waals surface area (Å²) in [5.74, 6) is 1.52. The van der Waals surface area contributed by atoms with Gasteiger partial charge in [0.2, 0.25) is 0 Å². The SMILES string of the molecule is CCNC(=NCc1cccnc1N1CCOCC1)NC1CCN(CC(F)(F)F)C1.I. The smallest absolute Gasteiger partial charge is 0.378 e. The molecule has 0 spiro atoms. The normalized spacial score (nSPS) is 20.7. The van der Waals surface area contributed by atoms with Crippen molar-refractivity contribution in [1.29, 1.82) is 0 Å². The van der Waals surface area contributed by atoms with Crippen LogP contribution in [-0.4, -0.2) is 80.5 Å². The van der Waals surface area contributed by atoms with Crippen molar-refractivity contribution >= 4 is 35.8 Å². The number of pyridine rings is 1. The first-order chi connectivity index (χ1) is 13.9. The molecule has 30 heavy (non-hydrogen) atoms. The lowest BCUT2D eigenvalue weighted by Gasteiger charge is -2.29. The molecule has 2 aliphatic heterocycles. The molecule has 3 heterocycles. The molecule has 0 aliphatic carbocycles. The number of hydrogen-bond donors (Lipinski definition) is 2. The van der Waals surface area contributed by atoms with E-state index in [1.54, 1.807) is 6.20 Å². The first kappa shape index (κ1) is 24.9. The fraction of sp³-hybridized carbons (Fsp3) is 0.684. The first-order valence-corrected chi connectivity index (χ1v) is 10.0. The van der Waals surface area contributed by atoms with Crippen LogP contribution in [0.2, 0.25) is 0 Å². The molecular weight excluding hydrogens is 512 g/mol. The summed E-state index contributed by atoms with van der Waals surface area (Å²) in [6.07, 6.45) is -1.73. The molecule has 0 amide bonds. The van der Waals surface area contributed by atoms with Gasteiger partial charge in [0.25, 0.3) is 0 Å². The van der Waals surface area contributed by atoms with E-state index in [9.17, 15) is 13.2 Å². The molecule has 1 aromatic heterocycles. The number of aromatic nitrogens is 1. The van der Waals surface area contributed by atoms with Gasteiger partial charge in [-0.2, -0.15) is 13.2 Å². The van der Waals surface area contributed by atoms with E-state index in [4.69, 9.17) is 4.74 Å². The molecule has 0 bridgehead atoms. The molecule has 0 radical (unpaired) electrons. The second-order valence-corrected chi connectivity index (χ2v) is 7.26. The lowest BCUT2D eigenvalue weighted by molar-refractivity contribution is -0.143. The molecule has 0 saturated carbocycles. The summed E-state index contributed by atoms with van der Waals surface area (Å²) in [5, 5.41) is 6.46. The number of aliphatic imine (C=N–C) groups is 1. The van der Waals surface area contributed by atoms with Gasteiger partial charge in [0.1, 0.15) is 5.82 Å². The molecule has 2 fully saturated rings. The minimum Gasteiger partial charge on any atom is -0.378 e. The summed E-state index contributed by atoms with van der Waals surface area (Å²) in [7, 11) is 0. The van der Waals surface area contributed by atoms with Gasteiger partial charge in [-0.3, -0.25) is 4.90 Å². The molecule has 3 rings (SSSR count). The number of alkyl halides is 3. The number of guanidine groups is 1. The number of halogens is 4. The third-order valence-corrected chi connectivity index (χ3v) is 4.95. The standard InChI is InChI=1S/C19H29F3N6O.HI/c1-2-23-18(26-16-5-7-27(13-16)14-19(20,21)22)25-12-15-4-3-6-24-17(15)28-8-10-29-11-9-28;/h3-4,6,16H,2,5,7-14H2,1H3,(H2,23,25,26);1H. The minimum atomic E-state index is -4.16. The minimum absolute atomic E-state index is 0. The summed E-state index contributed by atoms with van der Waals surface area (Å²) < 4.78 is 43.2. The maximum atomic E-state index is 12.6. The Morgan fingerprint density at radius 2 is 2.07 bits per heavy atom. The van der Waals surface area contributed by atoms with Crippen molar-refractivity contribution in [2.24, 2.45) is 4.99 Å². The second kappa shape index (κ2) is 11.9. The largest absolute Gasteiger partial charge is 0.401 e. The van der Waals surface area contributed by atoms with Crippen LogP contribution in [0.1, 0.15) is 18.9 Å². The number of nitrogens with zero attached hydrogens (tertiary/aromatic N) is 4. The quantitative estimate of drug-likeness (QED) is 0.327. The Morgan fingerprint density at radius 1 is 1.30 bits per heavy atom. The van der Waals surface area contributed by atoms with Crippen LogP contribution in [0.15, 0.2) is 23.3 Å². The van der Waals surface area contributed by atoms with E-state index in [-0.39, 0.29) is 30.0 Å². The highest BCUT2D eigenvalue weighted by atomic mass is 127. The zero-order valence-corrected chi connectivity index (χ0v) is 19.5. The van der Waals surface area contributed by atoms with Crippen LogP contribution in [0.4, 0.5) is 19.0 Å². The first-order valence-electron chi connectivity index (χ1n) is 10.0. The number of ether oxygens (including phenoxy) is 1. The van der Waals surface area contributed by atoms with Gasteiger partial charge in [-0.15, -0.1) is 24.0 Å². The zero-order chi connectivity index (χ0) is 20.7. The number of rotatable bonds is 6. The van der Waals surface area contributed by atoms with Gasteiger partial charge in [-0.25, -0.2) is 9.98 Å². The predicted octanol–water partition coefficient (Wildman–Crippen LogP) is 2.23. The predicted molar refractivity (Wildman–Crippen MR) is 122 cm³/mol. The molecule has 1 aromatic rings. The molecule has 1 atom stereocenters. The van der Waals surface area contributed by atoms with Crippen LogP contribution in [0.5, 0.6) is 0 Å². The van der Waals surface area contributed by atoms with Crippen molar-refractivity contribution in [3.8, 4) is 0 Å². The topological polar surface area (TPSA) is 65.0 Å². The fourth-order valence-electron chi connectivity index (χ4n) is 3.64. The third-order valence-electron chi connectivity index (χ3n) is 4.95. The average Bonchev–Trinajstić information content (AvgIpc) is 3.12. The van der Waals surface area contributed by atoms with Crippen LogP contribution in [0, 0.1) is 0 Å². The van der Waals surface area contributed by atoms with Crippen molar-refractivity contribution in [3.05, 3.63) is 23.9 Å². The van der Waals surface area contributed by atoms with Gasteiger partial charge in [-0.1, -0.05) is 6.07 Å². The van der Waals surface area contributed by atoms with Gasteiger partial charge < -0.3 is 20.3 Å². The summed E-state index contributed by atoms with van der Waals surface area (Å²) >= 11 is 0. The second-order valence-electron chi connectivity index (χ2n) is 7.26. The van der Waals surface area contributed by atoms with Gasteiger partial charge in [0, 0.05) is 50.5 Å². The Morgan fingerprint density at radius 3 is 2.77 bits per heavy atom. The molecule has 2 N–H and O–H groups in total. The van der Waals surface area contributed by atoms with E-state index in [0.717, 1.165) is 24.5 Å². The number of likely N-dealkylation sites (tertiary alicyclic amines) is 1. The van der Waals surface area contributed by atoms with Crippen LogP contribution in [-0.2, 0) is 11.3 Å². The van der Waals surface area contributed by atoms with E-state index >= 15 is 0 Å². The van der Waals surface area contributed by atoms with Gasteiger partial charge in [-0.05, 0) is 19.4 Å². The van der Waals surface area contributed by atoms with Crippen molar-refractivity contribution in [1.82, 2.24) is 20.5 Å². The average molecular weight is 542 g/mol. The highest BCUT2D eigenvalue weighted by Gasteiger charge is 2.34. The van der Waals surface area contributed by atoms with Crippen LogP contribution < -0.4 is 15.5 Å². The number of nitrogens with one attached hydrogen (secondary N) is 2. The summed E-state index contributed by atoms with van der Waals surface area (Å²) in [4.78, 5) is 12.8. The number of hydrogen-bond acceptors (Lipinski definition) is 5. The zero-order valence-electron chi connectivity index (χ0n) is 17.1. The molecular formula is C19H30F3IN6O. The van der Waals surface area contributed by atoms with E-state index in [1.165, 1.54) is 4.90 Å². The van der Waals surface area contributed by atoms with Crippen LogP contribution in [0.3, 0.4) is 0 Å². The maximum absolute atomic E-state index is 12.6. The van der Waals surface area contributed by atoms with Crippen LogP contribution in [0.25, 0.3) is 0 Å². The van der Waals surface area contributed by atoms with E-state index in [1.807, 2.05) is 19.1 Å². The van der Waals surface area contributed by atoms with Crippen LogP contribution >= 0.6 is 24.0 Å². The molecule has 2 saturated heterocycles. The van der Waals surface area contributed by atoms with Gasteiger partial charge in [0.05, 0.1) is 26.3 Å². The fourth-order valence-corrected chi connectivity index (χ4v) is 3.64. The number of anilines is 1. The molecule has 11 heteroatoms. The lowest BCUT2D eigenvalue weighted by Crippen LogP contribution is -2.45. The Bertz CT molecular complexity index is 684. The Kier molecular flexibility index (Phi) is 9.88. The third kappa shape index (κ3) is 7.73. The van der Waals surface area contributed by atoms with E-state index in [2.05, 4.69) is 25.5 Å². The Balaban J connectivity index is 0.00000320. The summed E-state index contributed by atoms with van der Waals surface area (Å²) in [6, 6.07) is 3.84. The highest BCUT2D eigenvalue weighted by molar-refractivity contribution is 14.0. The van der Waals surface area contributed by atoms with Crippen molar-refractivity contribution in [2.45, 2.75) is 32.1 Å². The maximum Gasteiger partial charge on any atom is 0.401 e. The molecule has 1 unspecified atom stereocenters. The molecule has 170 valence electrons. The van der Waals surface area contributed by atoms with Crippen molar-refractivity contribution in [2.75, 3.05) is 57.4 Å². The van der Waals surface area contributed by atoms with Gasteiger partial charge >= 0.3 is 6.18 Å². The monoisotopic (exact) mass is 542 g/mol. The van der Waals surface area contributed by atoms with E-state index in [0.29, 0.717) is 51.8 Å². The van der Waals surface area contributed by atoms with Gasteiger partial charge in [0.15, 0.2) is 5.96 Å². The lowest BCUT2D eigenvalue weighted by atomic mass is 10.2. The summed E-state index contributed by atoms with van der Waals surface area (Å²) in [6.45, 7) is 5.95. The number of morpholine rings is 1. The molecule has 7 nitrogen and oxygen atoms in total. The Hall–Kier alpha value is -1.34. The summed E-state index contributed by atoms with van der Waals surface area (Å²) in [5.41, 5.74) is 1.01. The Labute approximate surface area is 192 Å². The highest BCUT2D eigenvalue weighted by Crippen LogP contribution is 2.21. The van der Waals surface area contributed by atoms with Crippen molar-refractivity contribution < 1.29 is 17.9 Å². The molecule has 0 aromatic carbocycles. The van der Waals surface area contributed by atoms with Crippen molar-refractivity contribution in [3.63, 3.8) is 0 Å². The molecule has 2 aliphatic rings.